The number of carbonyl (C=O) groups excluding carboxylic acids is 1. The van der Waals surface area contributed by atoms with Crippen LogP contribution in [-0.2, 0) is 17.3 Å². The van der Waals surface area contributed by atoms with Gasteiger partial charge in [-0.1, -0.05) is 32.9 Å². The van der Waals surface area contributed by atoms with Gasteiger partial charge in [-0.05, 0) is 11.6 Å². The van der Waals surface area contributed by atoms with Gasteiger partial charge in [-0.3, -0.25) is 9.48 Å². The molecule has 1 atom stereocenters. The minimum Gasteiger partial charge on any atom is -0.311 e. The standard InChI is InChI=1S/C17H19N5OS/c1-17(2,3)15-13-10(8-12(23)18-16(13)22(4)19-15)9-6-5-7-11-14(9)21-24-20-11/h5-7,10H,8H2,1-4H3,(H,18,23). The van der Waals surface area contributed by atoms with Crippen LogP contribution in [0, 0.1) is 0 Å². The Morgan fingerprint density at radius 1 is 1.29 bits per heavy atom. The molecule has 1 N–H and O–H groups in total. The van der Waals surface area contributed by atoms with Gasteiger partial charge >= 0.3 is 0 Å². The van der Waals surface area contributed by atoms with Crippen molar-refractivity contribution >= 4 is 34.5 Å². The highest BCUT2D eigenvalue weighted by atomic mass is 32.1. The molecule has 124 valence electrons. The van der Waals surface area contributed by atoms with Crippen LogP contribution in [0.3, 0.4) is 0 Å². The van der Waals surface area contributed by atoms with Crippen molar-refractivity contribution < 1.29 is 4.79 Å². The van der Waals surface area contributed by atoms with Gasteiger partial charge in [-0.25, -0.2) is 0 Å². The van der Waals surface area contributed by atoms with E-state index in [0.717, 1.165) is 33.7 Å². The van der Waals surface area contributed by atoms with Crippen LogP contribution in [-0.4, -0.2) is 24.4 Å². The maximum atomic E-state index is 12.3. The summed E-state index contributed by atoms with van der Waals surface area (Å²) in [5.41, 5.74) is 4.83. The maximum absolute atomic E-state index is 12.3. The molecule has 0 saturated heterocycles. The van der Waals surface area contributed by atoms with E-state index in [1.807, 2.05) is 19.2 Å². The van der Waals surface area contributed by atoms with Gasteiger partial charge in [-0.2, -0.15) is 13.8 Å². The summed E-state index contributed by atoms with van der Waals surface area (Å²) in [7, 11) is 1.88. The fourth-order valence-corrected chi connectivity index (χ4v) is 3.97. The van der Waals surface area contributed by atoms with E-state index in [2.05, 4.69) is 40.9 Å². The monoisotopic (exact) mass is 341 g/mol. The molecule has 1 amide bonds. The zero-order chi connectivity index (χ0) is 17.1. The van der Waals surface area contributed by atoms with Crippen LogP contribution in [0.15, 0.2) is 18.2 Å². The number of rotatable bonds is 1. The lowest BCUT2D eigenvalue weighted by Crippen LogP contribution is -2.26. The summed E-state index contributed by atoms with van der Waals surface area (Å²) >= 11 is 1.21. The first-order valence-electron chi connectivity index (χ1n) is 7.94. The molecule has 3 heterocycles. The SMILES string of the molecule is Cn1nc(C(C)(C)C)c2c1NC(=O)CC2c1cccc2nsnc12. The third kappa shape index (κ3) is 2.23. The van der Waals surface area contributed by atoms with Crippen LogP contribution in [0.5, 0.6) is 0 Å². The molecule has 0 fully saturated rings. The van der Waals surface area contributed by atoms with Crippen LogP contribution < -0.4 is 5.32 Å². The van der Waals surface area contributed by atoms with Crippen molar-refractivity contribution in [2.45, 2.75) is 38.5 Å². The number of hydrogen-bond acceptors (Lipinski definition) is 5. The highest BCUT2D eigenvalue weighted by Gasteiger charge is 2.37. The first-order chi connectivity index (χ1) is 11.4. The first kappa shape index (κ1) is 15.3. The van der Waals surface area contributed by atoms with Crippen LogP contribution >= 0.6 is 11.7 Å². The lowest BCUT2D eigenvalue weighted by molar-refractivity contribution is -0.116. The fourth-order valence-electron chi connectivity index (χ4n) is 3.42. The molecule has 0 spiro atoms. The molecule has 0 saturated carbocycles. The van der Waals surface area contributed by atoms with E-state index in [1.165, 1.54) is 11.7 Å². The molecule has 1 unspecified atom stereocenters. The molecule has 0 aliphatic carbocycles. The van der Waals surface area contributed by atoms with E-state index in [1.54, 1.807) is 4.68 Å². The van der Waals surface area contributed by atoms with E-state index in [0.29, 0.717) is 6.42 Å². The van der Waals surface area contributed by atoms with Gasteiger partial charge < -0.3 is 5.32 Å². The third-order valence-corrected chi connectivity index (χ3v) is 5.03. The van der Waals surface area contributed by atoms with Crippen molar-refractivity contribution in [1.29, 1.82) is 0 Å². The normalized spacial score (nSPS) is 17.8. The molecule has 1 aliphatic rings. The Kier molecular flexibility index (Phi) is 3.25. The Bertz CT molecular complexity index is 950. The highest BCUT2D eigenvalue weighted by molar-refractivity contribution is 7.00. The molecule has 7 heteroatoms. The van der Waals surface area contributed by atoms with Crippen LogP contribution in [0.1, 0.15) is 49.9 Å². The molecule has 24 heavy (non-hydrogen) atoms. The molecule has 3 aromatic rings. The number of hydrogen-bond donors (Lipinski definition) is 1. The zero-order valence-electron chi connectivity index (χ0n) is 14.1. The molecular weight excluding hydrogens is 322 g/mol. The number of nitrogens with one attached hydrogen (secondary N) is 1. The number of aryl methyl sites for hydroxylation is 1. The lowest BCUT2D eigenvalue weighted by Gasteiger charge is -2.27. The zero-order valence-corrected chi connectivity index (χ0v) is 14.9. The summed E-state index contributed by atoms with van der Waals surface area (Å²) in [6.45, 7) is 6.44. The van der Waals surface area contributed by atoms with Gasteiger partial charge in [0.1, 0.15) is 16.9 Å². The Balaban J connectivity index is 1.99. The van der Waals surface area contributed by atoms with Gasteiger partial charge in [-0.15, -0.1) is 0 Å². The Morgan fingerprint density at radius 2 is 2.08 bits per heavy atom. The van der Waals surface area contributed by atoms with Gasteiger partial charge in [0.25, 0.3) is 0 Å². The summed E-state index contributed by atoms with van der Waals surface area (Å²) in [6, 6.07) is 5.99. The second-order valence-corrected chi connectivity index (χ2v) is 7.80. The Hall–Kier alpha value is -2.28. The highest BCUT2D eigenvalue weighted by Crippen LogP contribution is 2.44. The summed E-state index contributed by atoms with van der Waals surface area (Å²) in [5, 5.41) is 7.70. The molecule has 0 bridgehead atoms. The van der Waals surface area contributed by atoms with Gasteiger partial charge in [0.15, 0.2) is 0 Å². The van der Waals surface area contributed by atoms with Crippen molar-refractivity contribution in [3.8, 4) is 0 Å². The second-order valence-electron chi connectivity index (χ2n) is 7.27. The molecular formula is C17H19N5OS. The van der Waals surface area contributed by atoms with E-state index >= 15 is 0 Å². The van der Waals surface area contributed by atoms with Gasteiger partial charge in [0.05, 0.1) is 17.4 Å². The van der Waals surface area contributed by atoms with E-state index in [9.17, 15) is 4.79 Å². The average molecular weight is 341 g/mol. The Morgan fingerprint density at radius 3 is 2.83 bits per heavy atom. The predicted molar refractivity (Wildman–Crippen MR) is 94.4 cm³/mol. The van der Waals surface area contributed by atoms with Crippen molar-refractivity contribution in [2.75, 3.05) is 5.32 Å². The Labute approximate surface area is 144 Å². The summed E-state index contributed by atoms with van der Waals surface area (Å²) in [4.78, 5) is 12.3. The number of nitrogens with zero attached hydrogens (tertiary/aromatic N) is 4. The first-order valence-corrected chi connectivity index (χ1v) is 8.67. The minimum atomic E-state index is -0.111. The van der Waals surface area contributed by atoms with Crippen molar-refractivity contribution in [3.05, 3.63) is 35.0 Å². The molecule has 0 radical (unpaired) electrons. The lowest BCUT2D eigenvalue weighted by atomic mass is 9.79. The molecule has 2 aromatic heterocycles. The third-order valence-electron chi connectivity index (χ3n) is 4.48. The van der Waals surface area contributed by atoms with Crippen LogP contribution in [0.25, 0.3) is 11.0 Å². The molecule has 1 aliphatic heterocycles. The summed E-state index contributed by atoms with van der Waals surface area (Å²) < 4.78 is 10.6. The van der Waals surface area contributed by atoms with Gasteiger partial charge in [0, 0.05) is 30.4 Å². The number of amides is 1. The molecule has 6 nitrogen and oxygen atoms in total. The van der Waals surface area contributed by atoms with Crippen LogP contribution in [0.2, 0.25) is 0 Å². The number of aromatic nitrogens is 4. The number of carbonyl (C=O) groups is 1. The topological polar surface area (TPSA) is 72.7 Å². The summed E-state index contributed by atoms with van der Waals surface area (Å²) in [5.74, 6) is 0.752. The van der Waals surface area contributed by atoms with Crippen LogP contribution in [0.4, 0.5) is 5.82 Å². The average Bonchev–Trinajstić information content (AvgIpc) is 3.11. The maximum Gasteiger partial charge on any atom is 0.226 e. The van der Waals surface area contributed by atoms with Crippen molar-refractivity contribution in [3.63, 3.8) is 0 Å². The van der Waals surface area contributed by atoms with Crippen molar-refractivity contribution in [2.24, 2.45) is 7.05 Å². The number of fused-ring (bicyclic) bond motifs is 2. The van der Waals surface area contributed by atoms with Crippen molar-refractivity contribution in [1.82, 2.24) is 18.5 Å². The number of anilines is 1. The predicted octanol–water partition coefficient (Wildman–Crippen LogP) is 3.20. The fraction of sp³-hybridized carbons (Fsp3) is 0.412. The van der Waals surface area contributed by atoms with E-state index in [4.69, 9.17) is 5.10 Å². The van der Waals surface area contributed by atoms with E-state index in [-0.39, 0.29) is 17.2 Å². The van der Waals surface area contributed by atoms with Gasteiger partial charge in [0.2, 0.25) is 5.91 Å². The van der Waals surface area contributed by atoms with E-state index < -0.39 is 0 Å². The molecule has 1 aromatic carbocycles. The second kappa shape index (κ2) is 5.11. The minimum absolute atomic E-state index is 0.0103. The smallest absolute Gasteiger partial charge is 0.226 e. The number of benzene rings is 1. The largest absolute Gasteiger partial charge is 0.311 e. The quantitative estimate of drug-likeness (QED) is 0.738. The summed E-state index contributed by atoms with van der Waals surface area (Å²) in [6.07, 6.45) is 0.401. The molecule has 4 rings (SSSR count).